The Kier molecular flexibility index (Phi) is 4.97. The molecule has 0 radical (unpaired) electrons. The number of piperidine rings is 1. The van der Waals surface area contributed by atoms with Crippen LogP contribution in [0, 0.1) is 12.8 Å². The number of nitrogens with zero attached hydrogens (tertiary/aromatic N) is 1. The molecule has 1 saturated heterocycles. The van der Waals surface area contributed by atoms with E-state index in [2.05, 4.69) is 42.3 Å². The van der Waals surface area contributed by atoms with Crippen molar-refractivity contribution >= 4 is 0 Å². The van der Waals surface area contributed by atoms with E-state index in [4.69, 9.17) is 0 Å². The Bertz CT molecular complexity index is 463. The van der Waals surface area contributed by atoms with Crippen LogP contribution in [0.2, 0.25) is 0 Å². The van der Waals surface area contributed by atoms with Gasteiger partial charge in [0.05, 0.1) is 0 Å². The quantitative estimate of drug-likeness (QED) is 0.888. The van der Waals surface area contributed by atoms with E-state index >= 15 is 0 Å². The highest BCUT2D eigenvalue weighted by molar-refractivity contribution is 5.37. The molecular weight excluding hydrogens is 256 g/mol. The number of nitrogens with one attached hydrogen (secondary N) is 1. The zero-order chi connectivity index (χ0) is 14.7. The van der Waals surface area contributed by atoms with Gasteiger partial charge in [0.2, 0.25) is 0 Å². The van der Waals surface area contributed by atoms with E-state index in [0.717, 1.165) is 5.92 Å². The minimum Gasteiger partial charge on any atom is -0.317 e. The van der Waals surface area contributed by atoms with Gasteiger partial charge >= 0.3 is 0 Å². The maximum absolute atomic E-state index is 3.49. The van der Waals surface area contributed by atoms with Crippen molar-refractivity contribution < 1.29 is 0 Å². The van der Waals surface area contributed by atoms with Crippen LogP contribution in [0.1, 0.15) is 55.3 Å². The minimum atomic E-state index is 0.676. The van der Waals surface area contributed by atoms with Crippen LogP contribution in [0.5, 0.6) is 0 Å². The molecule has 0 spiro atoms. The SMILES string of the molecule is CCCN(CC1CCNCC1)C1CCc2ccc(C)cc21. The number of benzene rings is 1. The second-order valence-corrected chi connectivity index (χ2v) is 6.95. The molecular formula is C19H30N2. The number of aryl methyl sites for hydroxylation is 2. The highest BCUT2D eigenvalue weighted by Gasteiger charge is 2.29. The standard InChI is InChI=1S/C19H30N2/c1-3-12-21(14-16-8-10-20-11-9-16)19-7-6-17-5-4-15(2)13-18(17)19/h4-5,13,16,19-20H,3,6-12,14H2,1-2H3. The van der Waals surface area contributed by atoms with Gasteiger partial charge in [-0.3, -0.25) is 4.90 Å². The first-order chi connectivity index (χ1) is 10.3. The van der Waals surface area contributed by atoms with Crippen LogP contribution < -0.4 is 5.32 Å². The molecule has 21 heavy (non-hydrogen) atoms. The van der Waals surface area contributed by atoms with Crippen LogP contribution in [0.25, 0.3) is 0 Å². The molecule has 116 valence electrons. The van der Waals surface area contributed by atoms with Crippen LogP contribution in [0.15, 0.2) is 18.2 Å². The number of fused-ring (bicyclic) bond motifs is 1. The van der Waals surface area contributed by atoms with Gasteiger partial charge < -0.3 is 5.32 Å². The fourth-order valence-corrected chi connectivity index (χ4v) is 4.14. The van der Waals surface area contributed by atoms with Gasteiger partial charge in [-0.15, -0.1) is 0 Å². The smallest absolute Gasteiger partial charge is 0.0354 e. The predicted octanol–water partition coefficient (Wildman–Crippen LogP) is 3.69. The zero-order valence-electron chi connectivity index (χ0n) is 13.7. The van der Waals surface area contributed by atoms with E-state index < -0.39 is 0 Å². The molecule has 3 rings (SSSR count). The van der Waals surface area contributed by atoms with E-state index in [0.29, 0.717) is 6.04 Å². The summed E-state index contributed by atoms with van der Waals surface area (Å²) >= 11 is 0. The van der Waals surface area contributed by atoms with Gasteiger partial charge in [-0.25, -0.2) is 0 Å². The van der Waals surface area contributed by atoms with Crippen molar-refractivity contribution in [1.29, 1.82) is 0 Å². The first kappa shape index (κ1) is 15.1. The van der Waals surface area contributed by atoms with Gasteiger partial charge in [0.1, 0.15) is 0 Å². The summed E-state index contributed by atoms with van der Waals surface area (Å²) in [5, 5.41) is 3.49. The lowest BCUT2D eigenvalue weighted by Gasteiger charge is -2.34. The molecule has 2 nitrogen and oxygen atoms in total. The second-order valence-electron chi connectivity index (χ2n) is 6.95. The summed E-state index contributed by atoms with van der Waals surface area (Å²) in [7, 11) is 0. The Morgan fingerprint density at radius 3 is 2.76 bits per heavy atom. The van der Waals surface area contributed by atoms with Gasteiger partial charge in [0, 0.05) is 12.6 Å². The van der Waals surface area contributed by atoms with Gasteiger partial charge in [-0.05, 0) is 75.7 Å². The summed E-state index contributed by atoms with van der Waals surface area (Å²) in [6.45, 7) is 9.53. The fourth-order valence-electron chi connectivity index (χ4n) is 4.14. The van der Waals surface area contributed by atoms with Crippen LogP contribution >= 0.6 is 0 Å². The van der Waals surface area contributed by atoms with Crippen molar-refractivity contribution in [3.63, 3.8) is 0 Å². The second kappa shape index (κ2) is 6.93. The molecule has 1 fully saturated rings. The van der Waals surface area contributed by atoms with E-state index in [9.17, 15) is 0 Å². The first-order valence-corrected chi connectivity index (χ1v) is 8.82. The molecule has 2 heteroatoms. The Hall–Kier alpha value is -0.860. The molecule has 0 bridgehead atoms. The summed E-state index contributed by atoms with van der Waals surface area (Å²) in [6, 6.07) is 7.75. The number of rotatable bonds is 5. The summed E-state index contributed by atoms with van der Waals surface area (Å²) in [5.74, 6) is 0.895. The zero-order valence-corrected chi connectivity index (χ0v) is 13.7. The highest BCUT2D eigenvalue weighted by Crippen LogP contribution is 2.37. The first-order valence-electron chi connectivity index (χ1n) is 8.82. The third-order valence-corrected chi connectivity index (χ3v) is 5.25. The average Bonchev–Trinajstić information content (AvgIpc) is 2.91. The maximum Gasteiger partial charge on any atom is 0.0354 e. The van der Waals surface area contributed by atoms with Crippen molar-refractivity contribution in [3.8, 4) is 0 Å². The molecule has 0 aromatic heterocycles. The molecule has 1 heterocycles. The maximum atomic E-state index is 3.49. The van der Waals surface area contributed by atoms with Gasteiger partial charge in [0.15, 0.2) is 0 Å². The topological polar surface area (TPSA) is 15.3 Å². The summed E-state index contributed by atoms with van der Waals surface area (Å²) in [6.07, 6.45) is 6.57. The Labute approximate surface area is 129 Å². The predicted molar refractivity (Wildman–Crippen MR) is 89.7 cm³/mol. The van der Waals surface area contributed by atoms with Crippen molar-refractivity contribution in [2.45, 2.75) is 52.0 Å². The molecule has 1 aromatic rings. The fraction of sp³-hybridized carbons (Fsp3) is 0.684. The van der Waals surface area contributed by atoms with Crippen molar-refractivity contribution in [3.05, 3.63) is 34.9 Å². The molecule has 0 amide bonds. The third-order valence-electron chi connectivity index (χ3n) is 5.25. The molecule has 1 aromatic carbocycles. The van der Waals surface area contributed by atoms with Crippen molar-refractivity contribution in [1.82, 2.24) is 10.2 Å². The monoisotopic (exact) mass is 286 g/mol. The number of hydrogen-bond donors (Lipinski definition) is 1. The molecule has 1 aliphatic carbocycles. The van der Waals surface area contributed by atoms with Crippen LogP contribution in [0.4, 0.5) is 0 Å². The third kappa shape index (κ3) is 3.49. The summed E-state index contributed by atoms with van der Waals surface area (Å²) in [5.41, 5.74) is 4.63. The van der Waals surface area contributed by atoms with Gasteiger partial charge in [0.25, 0.3) is 0 Å². The minimum absolute atomic E-state index is 0.676. The van der Waals surface area contributed by atoms with Gasteiger partial charge in [-0.2, -0.15) is 0 Å². The molecule has 1 aliphatic heterocycles. The van der Waals surface area contributed by atoms with Crippen LogP contribution in [-0.2, 0) is 6.42 Å². The Morgan fingerprint density at radius 2 is 2.00 bits per heavy atom. The van der Waals surface area contributed by atoms with E-state index in [1.807, 2.05) is 0 Å². The average molecular weight is 286 g/mol. The van der Waals surface area contributed by atoms with Crippen molar-refractivity contribution in [2.24, 2.45) is 5.92 Å². The molecule has 1 N–H and O–H groups in total. The van der Waals surface area contributed by atoms with Gasteiger partial charge in [-0.1, -0.05) is 30.7 Å². The summed E-state index contributed by atoms with van der Waals surface area (Å²) in [4.78, 5) is 2.79. The number of hydrogen-bond acceptors (Lipinski definition) is 2. The molecule has 2 aliphatic rings. The Balaban J connectivity index is 1.74. The van der Waals surface area contributed by atoms with Crippen LogP contribution in [-0.4, -0.2) is 31.1 Å². The normalized spacial score (nSPS) is 22.7. The lowest BCUT2D eigenvalue weighted by Crippen LogP contribution is -2.38. The van der Waals surface area contributed by atoms with Crippen LogP contribution in [0.3, 0.4) is 0 Å². The lowest BCUT2D eigenvalue weighted by atomic mass is 9.95. The van der Waals surface area contributed by atoms with E-state index in [1.54, 1.807) is 11.1 Å². The molecule has 1 atom stereocenters. The summed E-state index contributed by atoms with van der Waals surface area (Å²) < 4.78 is 0. The molecule has 1 unspecified atom stereocenters. The van der Waals surface area contributed by atoms with Crippen molar-refractivity contribution in [2.75, 3.05) is 26.2 Å². The Morgan fingerprint density at radius 1 is 1.19 bits per heavy atom. The highest BCUT2D eigenvalue weighted by atomic mass is 15.2. The lowest BCUT2D eigenvalue weighted by molar-refractivity contribution is 0.151. The van der Waals surface area contributed by atoms with E-state index in [-0.39, 0.29) is 0 Å². The molecule has 0 saturated carbocycles. The van der Waals surface area contributed by atoms with E-state index in [1.165, 1.54) is 63.8 Å². The largest absolute Gasteiger partial charge is 0.317 e.